The molecule has 0 saturated carbocycles. The van der Waals surface area contributed by atoms with E-state index >= 15 is 0 Å². The maximum absolute atomic E-state index is 12.3. The molecule has 0 bridgehead atoms. The highest BCUT2D eigenvalue weighted by Gasteiger charge is 2.26. The predicted octanol–water partition coefficient (Wildman–Crippen LogP) is 2.26. The molecular weight excluding hydrogens is 398 g/mol. The van der Waals surface area contributed by atoms with Gasteiger partial charge in [0.1, 0.15) is 0 Å². The van der Waals surface area contributed by atoms with Crippen molar-refractivity contribution < 1.29 is 24.2 Å². The molecule has 2 aliphatic rings. The summed E-state index contributed by atoms with van der Waals surface area (Å²) < 4.78 is 10.8. The molecule has 2 N–H and O–H groups in total. The van der Waals surface area contributed by atoms with Crippen LogP contribution < -0.4 is 14.8 Å². The van der Waals surface area contributed by atoms with Gasteiger partial charge in [0.05, 0.1) is 5.92 Å². The number of fused-ring (bicyclic) bond motifs is 1. The smallest absolute Gasteiger partial charge is 0.308 e. The number of ether oxygens (including phenoxy) is 2. The summed E-state index contributed by atoms with van der Waals surface area (Å²) in [6.45, 7) is 4.69. The Labute approximate surface area is 181 Å². The molecule has 0 aliphatic carbocycles. The maximum Gasteiger partial charge on any atom is 0.308 e. The van der Waals surface area contributed by atoms with Crippen molar-refractivity contribution in [2.24, 2.45) is 5.92 Å². The van der Waals surface area contributed by atoms with Crippen molar-refractivity contribution in [1.29, 1.82) is 0 Å². The van der Waals surface area contributed by atoms with Gasteiger partial charge in [-0.25, -0.2) is 0 Å². The normalized spacial score (nSPS) is 17.3. The van der Waals surface area contributed by atoms with Crippen molar-refractivity contribution >= 4 is 17.6 Å². The van der Waals surface area contributed by atoms with Gasteiger partial charge in [0.2, 0.25) is 12.7 Å². The molecule has 0 unspecified atom stereocenters. The summed E-state index contributed by atoms with van der Waals surface area (Å²) in [6.07, 6.45) is -0.0400. The number of aliphatic carboxylic acids is 1. The fourth-order valence-electron chi connectivity index (χ4n) is 3.93. The molecule has 0 radical (unpaired) electrons. The first-order valence-corrected chi connectivity index (χ1v) is 10.5. The van der Waals surface area contributed by atoms with Crippen molar-refractivity contribution in [2.45, 2.75) is 13.0 Å². The van der Waals surface area contributed by atoms with Gasteiger partial charge in [0, 0.05) is 51.4 Å². The molecule has 2 aliphatic heterocycles. The maximum atomic E-state index is 12.3. The zero-order valence-corrected chi connectivity index (χ0v) is 17.3. The summed E-state index contributed by atoms with van der Waals surface area (Å²) in [5, 5.41) is 12.4. The average molecular weight is 425 g/mol. The summed E-state index contributed by atoms with van der Waals surface area (Å²) in [5.74, 6) is -0.381. The Morgan fingerprint density at radius 2 is 1.68 bits per heavy atom. The number of para-hydroxylation sites is 1. The number of anilines is 1. The summed E-state index contributed by atoms with van der Waals surface area (Å²) in [4.78, 5) is 28.5. The van der Waals surface area contributed by atoms with Crippen molar-refractivity contribution in [3.8, 4) is 11.5 Å². The van der Waals surface area contributed by atoms with E-state index in [9.17, 15) is 14.7 Å². The highest BCUT2D eigenvalue weighted by molar-refractivity contribution is 5.93. The minimum absolute atomic E-state index is 0.0400. The number of rotatable bonds is 8. The SMILES string of the molecule is O=C(C[C@@H](CN1CCN(Cc2ccc3c(c2)OCO3)CC1)C(=O)O)Nc1ccccc1. The van der Waals surface area contributed by atoms with Gasteiger partial charge in [-0.3, -0.25) is 19.4 Å². The van der Waals surface area contributed by atoms with Gasteiger partial charge in [-0.2, -0.15) is 0 Å². The first-order chi connectivity index (χ1) is 15.1. The van der Waals surface area contributed by atoms with Crippen LogP contribution in [-0.4, -0.2) is 66.3 Å². The third kappa shape index (κ3) is 5.74. The number of hydrogen-bond acceptors (Lipinski definition) is 6. The van der Waals surface area contributed by atoms with E-state index in [-0.39, 0.29) is 19.1 Å². The number of carbonyl (C=O) groups excluding carboxylic acids is 1. The van der Waals surface area contributed by atoms with E-state index in [0.717, 1.165) is 44.2 Å². The lowest BCUT2D eigenvalue weighted by Crippen LogP contribution is -2.48. The lowest BCUT2D eigenvalue weighted by atomic mass is 10.0. The molecule has 1 amide bonds. The number of amides is 1. The van der Waals surface area contributed by atoms with Crippen LogP contribution in [-0.2, 0) is 16.1 Å². The molecule has 1 saturated heterocycles. The standard InChI is InChI=1S/C23H27N3O5/c27-22(24-19-4-2-1-3-5-19)13-18(23(28)29)15-26-10-8-25(9-11-26)14-17-6-7-20-21(12-17)31-16-30-20/h1-7,12,18H,8-11,13-16H2,(H,24,27)(H,28,29)/t18-/m0/s1. The second-order valence-electron chi connectivity index (χ2n) is 7.92. The fourth-order valence-corrected chi connectivity index (χ4v) is 3.93. The van der Waals surface area contributed by atoms with Crippen LogP contribution in [0.1, 0.15) is 12.0 Å². The minimum atomic E-state index is -0.939. The van der Waals surface area contributed by atoms with Gasteiger partial charge >= 0.3 is 5.97 Å². The Morgan fingerprint density at radius 3 is 2.42 bits per heavy atom. The molecule has 1 fully saturated rings. The summed E-state index contributed by atoms with van der Waals surface area (Å²) in [5.41, 5.74) is 1.84. The summed E-state index contributed by atoms with van der Waals surface area (Å²) in [7, 11) is 0. The molecule has 2 aromatic carbocycles. The van der Waals surface area contributed by atoms with Crippen LogP contribution in [0.2, 0.25) is 0 Å². The second kappa shape index (κ2) is 9.80. The average Bonchev–Trinajstić information content (AvgIpc) is 3.23. The number of carboxylic acid groups (broad SMARTS) is 1. The molecule has 31 heavy (non-hydrogen) atoms. The van der Waals surface area contributed by atoms with E-state index in [1.54, 1.807) is 12.1 Å². The second-order valence-corrected chi connectivity index (χ2v) is 7.92. The molecule has 8 heteroatoms. The molecule has 2 heterocycles. The number of hydrogen-bond donors (Lipinski definition) is 2. The predicted molar refractivity (Wildman–Crippen MR) is 115 cm³/mol. The number of piperazine rings is 1. The Balaban J connectivity index is 1.24. The third-order valence-electron chi connectivity index (χ3n) is 5.63. The molecule has 1 atom stereocenters. The van der Waals surface area contributed by atoms with Crippen LogP contribution in [0.15, 0.2) is 48.5 Å². The van der Waals surface area contributed by atoms with Crippen molar-refractivity contribution in [1.82, 2.24) is 9.80 Å². The van der Waals surface area contributed by atoms with Gasteiger partial charge in [0.15, 0.2) is 11.5 Å². The quantitative estimate of drug-likeness (QED) is 0.670. The van der Waals surface area contributed by atoms with Crippen LogP contribution in [0, 0.1) is 5.92 Å². The Morgan fingerprint density at radius 1 is 0.968 bits per heavy atom. The first-order valence-electron chi connectivity index (χ1n) is 10.5. The fraction of sp³-hybridized carbons (Fsp3) is 0.391. The topological polar surface area (TPSA) is 91.3 Å². The van der Waals surface area contributed by atoms with E-state index < -0.39 is 11.9 Å². The van der Waals surface area contributed by atoms with Crippen LogP contribution >= 0.6 is 0 Å². The molecule has 0 aromatic heterocycles. The zero-order chi connectivity index (χ0) is 21.6. The minimum Gasteiger partial charge on any atom is -0.481 e. The highest BCUT2D eigenvalue weighted by Crippen LogP contribution is 2.32. The number of carboxylic acids is 1. The third-order valence-corrected chi connectivity index (χ3v) is 5.63. The molecule has 164 valence electrons. The van der Waals surface area contributed by atoms with Gasteiger partial charge in [-0.05, 0) is 29.8 Å². The van der Waals surface area contributed by atoms with E-state index in [4.69, 9.17) is 9.47 Å². The zero-order valence-electron chi connectivity index (χ0n) is 17.3. The number of nitrogens with zero attached hydrogens (tertiary/aromatic N) is 2. The van der Waals surface area contributed by atoms with Gasteiger partial charge < -0.3 is 19.9 Å². The lowest BCUT2D eigenvalue weighted by molar-refractivity contribution is -0.144. The molecule has 8 nitrogen and oxygen atoms in total. The Kier molecular flexibility index (Phi) is 6.69. The lowest BCUT2D eigenvalue weighted by Gasteiger charge is -2.35. The Hall–Kier alpha value is -3.10. The monoisotopic (exact) mass is 425 g/mol. The van der Waals surface area contributed by atoms with Gasteiger partial charge in [-0.1, -0.05) is 24.3 Å². The van der Waals surface area contributed by atoms with Crippen LogP contribution in [0.5, 0.6) is 11.5 Å². The number of benzene rings is 2. The van der Waals surface area contributed by atoms with Gasteiger partial charge in [0.25, 0.3) is 0 Å². The molecule has 2 aromatic rings. The van der Waals surface area contributed by atoms with E-state index in [1.807, 2.05) is 36.4 Å². The molecule has 4 rings (SSSR count). The summed E-state index contributed by atoms with van der Waals surface area (Å²) in [6, 6.07) is 15.1. The highest BCUT2D eigenvalue weighted by atomic mass is 16.7. The number of carbonyl (C=O) groups is 2. The Bertz CT molecular complexity index is 913. The first kappa shape index (κ1) is 21.1. The van der Waals surface area contributed by atoms with E-state index in [2.05, 4.69) is 15.1 Å². The largest absolute Gasteiger partial charge is 0.481 e. The number of nitrogens with one attached hydrogen (secondary N) is 1. The molecular formula is C23H27N3O5. The molecule has 0 spiro atoms. The summed E-state index contributed by atoms with van der Waals surface area (Å²) >= 11 is 0. The van der Waals surface area contributed by atoms with Crippen LogP contribution in [0.4, 0.5) is 5.69 Å². The van der Waals surface area contributed by atoms with Crippen molar-refractivity contribution in [2.75, 3.05) is 44.8 Å². The van der Waals surface area contributed by atoms with E-state index in [0.29, 0.717) is 12.2 Å². The van der Waals surface area contributed by atoms with Crippen LogP contribution in [0.3, 0.4) is 0 Å². The van der Waals surface area contributed by atoms with E-state index in [1.165, 1.54) is 5.56 Å². The van der Waals surface area contributed by atoms with Gasteiger partial charge in [-0.15, -0.1) is 0 Å². The van der Waals surface area contributed by atoms with Crippen LogP contribution in [0.25, 0.3) is 0 Å². The van der Waals surface area contributed by atoms with Crippen molar-refractivity contribution in [3.63, 3.8) is 0 Å². The van der Waals surface area contributed by atoms with Crippen molar-refractivity contribution in [3.05, 3.63) is 54.1 Å².